The Hall–Kier alpha value is -1.43. The van der Waals surface area contributed by atoms with Crippen LogP contribution in [0.25, 0.3) is 0 Å². The molecule has 1 aliphatic heterocycles. The van der Waals surface area contributed by atoms with Crippen LogP contribution in [0, 0.1) is 23.2 Å². The number of nitrogens with one attached hydrogen (secondary N) is 2. The molecule has 2 aliphatic carbocycles. The summed E-state index contributed by atoms with van der Waals surface area (Å²) in [5.41, 5.74) is 5.31. The lowest BCUT2D eigenvalue weighted by Crippen LogP contribution is -2.53. The second-order valence-corrected chi connectivity index (χ2v) is 7.66. The van der Waals surface area contributed by atoms with Gasteiger partial charge in [-0.15, -0.1) is 0 Å². The number of carbonyl (C=O) groups is 3. The molecule has 1 saturated heterocycles. The molecule has 0 spiro atoms. The van der Waals surface area contributed by atoms with Crippen LogP contribution >= 0.6 is 0 Å². The summed E-state index contributed by atoms with van der Waals surface area (Å²) in [6.45, 7) is 5.18. The first-order chi connectivity index (χ1) is 10.3. The number of hydrogen-bond donors (Lipinski definition) is 3. The number of nitrogens with two attached hydrogens (primary N) is 1. The normalized spacial score (nSPS) is 33.5. The van der Waals surface area contributed by atoms with E-state index in [-0.39, 0.29) is 17.4 Å². The zero-order valence-corrected chi connectivity index (χ0v) is 13.2. The Labute approximate surface area is 130 Å². The Morgan fingerprint density at radius 3 is 2.45 bits per heavy atom. The van der Waals surface area contributed by atoms with Crippen molar-refractivity contribution in [3.8, 4) is 0 Å². The highest BCUT2D eigenvalue weighted by molar-refractivity contribution is 6.37. The summed E-state index contributed by atoms with van der Waals surface area (Å²) in [6.07, 6.45) is 3.78. The molecule has 0 aromatic rings. The molecule has 6 heteroatoms. The van der Waals surface area contributed by atoms with Gasteiger partial charge in [-0.1, -0.05) is 33.1 Å². The smallest absolute Gasteiger partial charge is 0.287 e. The largest absolute Gasteiger partial charge is 0.363 e. The molecule has 122 valence electrons. The summed E-state index contributed by atoms with van der Waals surface area (Å²) in [6, 6.07) is -1.03. The molecule has 3 aliphatic rings. The molecule has 0 bridgehead atoms. The van der Waals surface area contributed by atoms with Crippen LogP contribution in [0.1, 0.15) is 39.5 Å². The SMILES string of the molecule is CC1(C)C2[C@@H](C(=O)NC(CC3CCC3)C(=O)C(N)=O)NC[C@@H]21. The molecule has 2 unspecified atom stereocenters. The quantitative estimate of drug-likeness (QED) is 0.599. The Morgan fingerprint density at radius 1 is 1.32 bits per heavy atom. The van der Waals surface area contributed by atoms with E-state index < -0.39 is 17.7 Å². The number of rotatable bonds is 6. The van der Waals surface area contributed by atoms with E-state index in [1.165, 1.54) is 0 Å². The van der Waals surface area contributed by atoms with Gasteiger partial charge in [0.25, 0.3) is 5.91 Å². The zero-order chi connectivity index (χ0) is 16.1. The van der Waals surface area contributed by atoms with E-state index in [9.17, 15) is 14.4 Å². The van der Waals surface area contributed by atoms with Crippen molar-refractivity contribution in [2.45, 2.75) is 51.6 Å². The van der Waals surface area contributed by atoms with Gasteiger partial charge in [-0.2, -0.15) is 0 Å². The third-order valence-electron chi connectivity index (χ3n) is 6.01. The van der Waals surface area contributed by atoms with Crippen LogP contribution in [-0.4, -0.2) is 36.2 Å². The molecule has 4 N–H and O–H groups in total. The van der Waals surface area contributed by atoms with Gasteiger partial charge >= 0.3 is 0 Å². The first-order valence-corrected chi connectivity index (χ1v) is 8.19. The van der Waals surface area contributed by atoms with Crippen LogP contribution in [-0.2, 0) is 14.4 Å². The number of Topliss-reactive ketones (excluding diaryl/α,β-unsaturated/α-hetero) is 1. The average Bonchev–Trinajstić information content (AvgIpc) is 2.77. The maximum atomic E-state index is 12.5. The van der Waals surface area contributed by atoms with Crippen molar-refractivity contribution in [2.75, 3.05) is 6.54 Å². The summed E-state index contributed by atoms with van der Waals surface area (Å²) >= 11 is 0. The molecule has 22 heavy (non-hydrogen) atoms. The molecule has 1 heterocycles. The molecule has 3 rings (SSSR count). The van der Waals surface area contributed by atoms with E-state index in [0.29, 0.717) is 24.2 Å². The minimum atomic E-state index is -0.964. The highest BCUT2D eigenvalue weighted by atomic mass is 16.2. The second-order valence-electron chi connectivity index (χ2n) is 7.66. The summed E-state index contributed by atoms with van der Waals surface area (Å²) < 4.78 is 0. The minimum Gasteiger partial charge on any atom is -0.363 e. The molecule has 0 aromatic carbocycles. The van der Waals surface area contributed by atoms with Crippen molar-refractivity contribution in [1.82, 2.24) is 10.6 Å². The van der Waals surface area contributed by atoms with E-state index in [2.05, 4.69) is 24.5 Å². The lowest BCUT2D eigenvalue weighted by Gasteiger charge is -2.30. The van der Waals surface area contributed by atoms with Crippen molar-refractivity contribution >= 4 is 17.6 Å². The predicted octanol–water partition coefficient (Wildman–Crippen LogP) is -0.0402. The Morgan fingerprint density at radius 2 is 2.00 bits per heavy atom. The highest BCUT2D eigenvalue weighted by Crippen LogP contribution is 2.62. The van der Waals surface area contributed by atoms with Gasteiger partial charge < -0.3 is 16.4 Å². The number of amides is 2. The van der Waals surface area contributed by atoms with Gasteiger partial charge in [0.1, 0.15) is 0 Å². The maximum absolute atomic E-state index is 12.5. The standard InChI is InChI=1S/C16H25N3O3/c1-16(2)9-7-18-12(11(9)16)15(22)19-10(13(20)14(17)21)6-8-4-3-5-8/h8-12,18H,3-7H2,1-2H3,(H2,17,21)(H,19,22)/t9-,10?,11?,12-/m0/s1. The summed E-state index contributed by atoms with van der Waals surface area (Å²) in [4.78, 5) is 35.7. The van der Waals surface area contributed by atoms with Crippen LogP contribution in [0.3, 0.4) is 0 Å². The van der Waals surface area contributed by atoms with E-state index in [1.807, 2.05) is 0 Å². The summed E-state index contributed by atoms with van der Waals surface area (Å²) in [5.74, 6) is -0.550. The topological polar surface area (TPSA) is 101 Å². The van der Waals surface area contributed by atoms with Gasteiger partial charge in [0.2, 0.25) is 11.7 Å². The molecule has 2 saturated carbocycles. The van der Waals surface area contributed by atoms with Crippen molar-refractivity contribution in [3.63, 3.8) is 0 Å². The summed E-state index contributed by atoms with van der Waals surface area (Å²) in [5, 5.41) is 6.01. The van der Waals surface area contributed by atoms with Gasteiger partial charge in [0.15, 0.2) is 0 Å². The van der Waals surface area contributed by atoms with Crippen molar-refractivity contribution in [2.24, 2.45) is 28.9 Å². The maximum Gasteiger partial charge on any atom is 0.287 e. The first-order valence-electron chi connectivity index (χ1n) is 8.19. The number of fused-ring (bicyclic) bond motifs is 1. The molecule has 0 radical (unpaired) electrons. The Bertz CT molecular complexity index is 513. The Kier molecular flexibility index (Phi) is 3.75. The molecule has 0 aromatic heterocycles. The van der Waals surface area contributed by atoms with Crippen LogP contribution in [0.5, 0.6) is 0 Å². The third-order valence-corrected chi connectivity index (χ3v) is 6.01. The number of carbonyl (C=O) groups excluding carboxylic acids is 3. The number of primary amides is 1. The fraction of sp³-hybridized carbons (Fsp3) is 0.812. The van der Waals surface area contributed by atoms with Crippen LogP contribution < -0.4 is 16.4 Å². The lowest BCUT2D eigenvalue weighted by molar-refractivity contribution is -0.139. The van der Waals surface area contributed by atoms with Gasteiger partial charge in [0.05, 0.1) is 12.1 Å². The number of piperidine rings is 1. The fourth-order valence-electron chi connectivity index (χ4n) is 4.20. The van der Waals surface area contributed by atoms with E-state index >= 15 is 0 Å². The highest BCUT2D eigenvalue weighted by Gasteiger charge is 2.65. The predicted molar refractivity (Wildman–Crippen MR) is 80.6 cm³/mol. The van der Waals surface area contributed by atoms with E-state index in [4.69, 9.17) is 5.73 Å². The second kappa shape index (κ2) is 5.33. The van der Waals surface area contributed by atoms with Crippen LogP contribution in [0.4, 0.5) is 0 Å². The molecule has 6 nitrogen and oxygen atoms in total. The average molecular weight is 307 g/mol. The van der Waals surface area contributed by atoms with Crippen molar-refractivity contribution in [3.05, 3.63) is 0 Å². The van der Waals surface area contributed by atoms with Gasteiger partial charge in [0, 0.05) is 0 Å². The van der Waals surface area contributed by atoms with Gasteiger partial charge in [-0.05, 0) is 36.1 Å². The fourth-order valence-corrected chi connectivity index (χ4v) is 4.20. The van der Waals surface area contributed by atoms with Crippen LogP contribution in [0.2, 0.25) is 0 Å². The molecular weight excluding hydrogens is 282 g/mol. The molecular formula is C16H25N3O3. The van der Waals surface area contributed by atoms with Gasteiger partial charge in [-0.25, -0.2) is 0 Å². The monoisotopic (exact) mass is 307 g/mol. The number of ketones is 1. The number of hydrogen-bond acceptors (Lipinski definition) is 4. The minimum absolute atomic E-state index is 0.169. The Balaban J connectivity index is 1.63. The van der Waals surface area contributed by atoms with E-state index in [1.54, 1.807) is 0 Å². The first kappa shape index (κ1) is 15.5. The van der Waals surface area contributed by atoms with Crippen molar-refractivity contribution < 1.29 is 14.4 Å². The molecule has 2 amide bonds. The molecule has 4 atom stereocenters. The lowest BCUT2D eigenvalue weighted by atomic mass is 9.80. The van der Waals surface area contributed by atoms with E-state index in [0.717, 1.165) is 25.8 Å². The zero-order valence-electron chi connectivity index (χ0n) is 13.2. The third kappa shape index (κ3) is 2.53. The summed E-state index contributed by atoms with van der Waals surface area (Å²) in [7, 11) is 0. The van der Waals surface area contributed by atoms with Crippen LogP contribution in [0.15, 0.2) is 0 Å². The molecule has 3 fully saturated rings. The van der Waals surface area contributed by atoms with Gasteiger partial charge in [-0.3, -0.25) is 14.4 Å². The van der Waals surface area contributed by atoms with Crippen molar-refractivity contribution in [1.29, 1.82) is 0 Å².